The van der Waals surface area contributed by atoms with Gasteiger partial charge in [0.25, 0.3) is 0 Å². The van der Waals surface area contributed by atoms with Gasteiger partial charge in [-0.25, -0.2) is 23.7 Å². The molecule has 3 aromatic heterocycles. The van der Waals surface area contributed by atoms with E-state index in [4.69, 9.17) is 20.2 Å². The SMILES string of the molecule is CC(C)c1cc(N=C=S)ccc1F.CCN(CC)CC(=O)Nc1cc(Oc2ccc(NC)c(N)c2)ccn1.CCN(CC)CC(=O)Nc1cc(Oc2ccc3c(c2)nc(Nc2ccc(F)c(C(C)C)c2)n3C)ccn1. The highest BCUT2D eigenvalue weighted by atomic mass is 32.1. The Hall–Kier alpha value is -7.83. The van der Waals surface area contributed by atoms with Crippen molar-refractivity contribution in [3.05, 3.63) is 132 Å². The third-order valence-corrected chi connectivity index (χ3v) is 11.9. The summed E-state index contributed by atoms with van der Waals surface area (Å²) in [4.78, 5) is 45.3. The molecule has 0 atom stereocenters. The maximum Gasteiger partial charge on any atom is 0.239 e. The van der Waals surface area contributed by atoms with Crippen molar-refractivity contribution in [2.24, 2.45) is 12.0 Å². The minimum atomic E-state index is -0.213. The second-order valence-electron chi connectivity index (χ2n) is 17.7. The Morgan fingerprint density at radius 2 is 1.21 bits per heavy atom. The molecule has 0 unspecified atom stereocenters. The normalized spacial score (nSPS) is 10.8. The standard InChI is InChI=1S/C28H33FN6O2.C18H25N5O2.C10H10FNS/c1-6-35(7-2)17-27(36)33-26-16-21(12-13-30-26)37-20-9-11-25-24(15-20)32-28(34(25)5)31-19-8-10-23(29)22(14-19)18(3)4;1-4-23(5-2)12-18(24)22-17-11-14(8-9-21-17)25-13-6-7-16(20-3)15(19)10-13;1-7(2)9-5-8(12-6-13)3-4-10(9)11/h8-16,18H,6-7,17H2,1-5H3,(H,31,32)(H,30,33,36);6-11,20H,4-5,12,19H2,1-3H3,(H,21,22,24);3-5,7H,1-2H3. The van der Waals surface area contributed by atoms with Gasteiger partial charge in [0.1, 0.15) is 46.3 Å². The summed E-state index contributed by atoms with van der Waals surface area (Å²) < 4.78 is 41.1. The van der Waals surface area contributed by atoms with Gasteiger partial charge in [-0.15, -0.1) is 0 Å². The third kappa shape index (κ3) is 17.4. The molecule has 75 heavy (non-hydrogen) atoms. The lowest BCUT2D eigenvalue weighted by molar-refractivity contribution is -0.118. The number of nitrogen functional groups attached to an aromatic ring is 1. The Morgan fingerprint density at radius 1 is 0.707 bits per heavy atom. The summed E-state index contributed by atoms with van der Waals surface area (Å²) in [5.74, 6) is 3.46. The van der Waals surface area contributed by atoms with Crippen molar-refractivity contribution < 1.29 is 27.8 Å². The average Bonchev–Trinajstić information content (AvgIpc) is 3.69. The van der Waals surface area contributed by atoms with E-state index >= 15 is 0 Å². The molecule has 0 aliphatic heterocycles. The number of nitrogens with zero attached hydrogens (tertiary/aromatic N) is 7. The second kappa shape index (κ2) is 28.6. The number of nitrogens with two attached hydrogens (primary N) is 1. The fraction of sp³-hybridized carbons (Fsp3) is 0.321. The Balaban J connectivity index is 0.000000235. The van der Waals surface area contributed by atoms with Crippen LogP contribution in [-0.4, -0.2) is 92.6 Å². The molecule has 0 aliphatic carbocycles. The number of carbonyl (C=O) groups is 2. The molecule has 396 valence electrons. The summed E-state index contributed by atoms with van der Waals surface area (Å²) in [6, 6.07) is 27.6. The molecule has 19 heteroatoms. The second-order valence-corrected chi connectivity index (χ2v) is 17.9. The Morgan fingerprint density at radius 3 is 1.72 bits per heavy atom. The minimum Gasteiger partial charge on any atom is -0.457 e. The van der Waals surface area contributed by atoms with Gasteiger partial charge in [-0.3, -0.25) is 19.4 Å². The zero-order valence-corrected chi connectivity index (χ0v) is 45.1. The first-order valence-corrected chi connectivity index (χ1v) is 25.2. The quantitative estimate of drug-likeness (QED) is 0.0276. The molecule has 7 aromatic rings. The zero-order chi connectivity index (χ0) is 54.6. The number of imidazole rings is 1. The van der Waals surface area contributed by atoms with E-state index in [9.17, 15) is 18.4 Å². The van der Waals surface area contributed by atoms with E-state index in [2.05, 4.69) is 53.6 Å². The molecule has 7 rings (SSSR count). The summed E-state index contributed by atoms with van der Waals surface area (Å²) in [5, 5.41) is 14.2. The molecule has 0 saturated heterocycles. The number of pyridine rings is 2. The Labute approximate surface area is 443 Å². The number of likely N-dealkylation sites (N-methyl/N-ethyl adjacent to an activating group) is 2. The van der Waals surface area contributed by atoms with Gasteiger partial charge in [0.15, 0.2) is 0 Å². The van der Waals surface area contributed by atoms with Crippen molar-refractivity contribution >= 4 is 80.6 Å². The monoisotopic (exact) mass is 1040 g/mol. The first kappa shape index (κ1) is 58.1. The van der Waals surface area contributed by atoms with Crippen LogP contribution in [0.25, 0.3) is 11.0 Å². The minimum absolute atomic E-state index is 0.0753. The Bertz CT molecular complexity index is 3060. The number of halogens is 2. The molecular formula is C56H68F2N12O4S. The van der Waals surface area contributed by atoms with Crippen LogP contribution in [0.3, 0.4) is 0 Å². The summed E-state index contributed by atoms with van der Waals surface area (Å²) >= 11 is 4.47. The van der Waals surface area contributed by atoms with Crippen LogP contribution in [-0.2, 0) is 16.6 Å². The van der Waals surface area contributed by atoms with Crippen LogP contribution < -0.4 is 36.5 Å². The van der Waals surface area contributed by atoms with Gasteiger partial charge in [0, 0.05) is 56.4 Å². The van der Waals surface area contributed by atoms with Gasteiger partial charge in [-0.05, 0) is 134 Å². The molecule has 6 N–H and O–H groups in total. The van der Waals surface area contributed by atoms with Crippen molar-refractivity contribution in [2.75, 3.05) is 73.3 Å². The summed E-state index contributed by atoms with van der Waals surface area (Å²) in [5.41, 5.74) is 11.8. The number of anilines is 6. The highest BCUT2D eigenvalue weighted by molar-refractivity contribution is 7.78. The highest BCUT2D eigenvalue weighted by Crippen LogP contribution is 2.31. The van der Waals surface area contributed by atoms with Crippen LogP contribution in [0.1, 0.15) is 78.4 Å². The number of nitrogens with one attached hydrogen (secondary N) is 4. The lowest BCUT2D eigenvalue weighted by Crippen LogP contribution is -2.33. The number of aryl methyl sites for hydroxylation is 1. The van der Waals surface area contributed by atoms with Crippen LogP contribution in [0.5, 0.6) is 23.0 Å². The van der Waals surface area contributed by atoms with Crippen LogP contribution in [0.15, 0.2) is 114 Å². The highest BCUT2D eigenvalue weighted by Gasteiger charge is 2.15. The van der Waals surface area contributed by atoms with Gasteiger partial charge >= 0.3 is 0 Å². The van der Waals surface area contributed by atoms with Gasteiger partial charge in [0.05, 0.1) is 46.3 Å². The number of fused-ring (bicyclic) bond motifs is 1. The molecule has 0 radical (unpaired) electrons. The predicted octanol–water partition coefficient (Wildman–Crippen LogP) is 12.5. The van der Waals surface area contributed by atoms with E-state index in [1.54, 1.807) is 60.9 Å². The predicted molar refractivity (Wildman–Crippen MR) is 302 cm³/mol. The number of carbonyl (C=O) groups excluding carboxylic acids is 2. The molecule has 0 fully saturated rings. The van der Waals surface area contributed by atoms with Crippen LogP contribution in [0.2, 0.25) is 0 Å². The van der Waals surface area contributed by atoms with Gasteiger partial charge in [-0.2, -0.15) is 4.99 Å². The number of hydrogen-bond acceptors (Lipinski definition) is 14. The first-order valence-electron chi connectivity index (χ1n) is 24.8. The topological polar surface area (TPSA) is 189 Å². The fourth-order valence-electron chi connectivity index (χ4n) is 7.50. The number of ether oxygens (including phenoxy) is 2. The molecule has 4 aromatic carbocycles. The first-order chi connectivity index (χ1) is 36.0. The number of aliphatic imine (C=N–C) groups is 1. The van der Waals surface area contributed by atoms with Gasteiger partial charge < -0.3 is 41.0 Å². The third-order valence-electron chi connectivity index (χ3n) is 11.8. The molecule has 2 amide bonds. The van der Waals surface area contributed by atoms with Gasteiger partial charge in [-0.1, -0.05) is 55.4 Å². The maximum absolute atomic E-state index is 14.1. The molecule has 0 saturated carbocycles. The molecule has 0 aliphatic rings. The number of isothiocyanates is 1. The summed E-state index contributed by atoms with van der Waals surface area (Å²) in [6.45, 7) is 19.8. The van der Waals surface area contributed by atoms with Crippen molar-refractivity contribution in [1.29, 1.82) is 0 Å². The smallest absolute Gasteiger partial charge is 0.239 e. The van der Waals surface area contributed by atoms with E-state index in [-0.39, 0.29) is 35.3 Å². The van der Waals surface area contributed by atoms with E-state index in [1.165, 1.54) is 12.1 Å². The van der Waals surface area contributed by atoms with Crippen LogP contribution >= 0.6 is 12.2 Å². The Kier molecular flexibility index (Phi) is 22.1. The largest absolute Gasteiger partial charge is 0.457 e. The number of rotatable bonds is 20. The number of thiocarbonyl (C=S) groups is 1. The van der Waals surface area contributed by atoms with Crippen molar-refractivity contribution in [1.82, 2.24) is 29.3 Å². The molecule has 0 bridgehead atoms. The summed E-state index contributed by atoms with van der Waals surface area (Å²) in [7, 11) is 3.73. The average molecular weight is 1040 g/mol. The van der Waals surface area contributed by atoms with Crippen LogP contribution in [0.4, 0.5) is 49.1 Å². The van der Waals surface area contributed by atoms with Gasteiger partial charge in [0.2, 0.25) is 17.8 Å². The molecule has 3 heterocycles. The van der Waals surface area contributed by atoms with Crippen molar-refractivity contribution in [3.63, 3.8) is 0 Å². The lowest BCUT2D eigenvalue weighted by Gasteiger charge is -2.17. The van der Waals surface area contributed by atoms with Crippen molar-refractivity contribution in [3.8, 4) is 23.0 Å². The van der Waals surface area contributed by atoms with E-state index in [0.717, 1.165) is 48.6 Å². The zero-order valence-electron chi connectivity index (χ0n) is 44.3. The van der Waals surface area contributed by atoms with Crippen LogP contribution in [0, 0.1) is 11.6 Å². The van der Waals surface area contributed by atoms with E-state index < -0.39 is 0 Å². The van der Waals surface area contributed by atoms with Crippen molar-refractivity contribution in [2.45, 2.75) is 67.2 Å². The van der Waals surface area contributed by atoms with E-state index in [0.29, 0.717) is 76.2 Å². The molecule has 0 spiro atoms. The number of amides is 2. The maximum atomic E-state index is 14.1. The van der Waals surface area contributed by atoms with E-state index in [1.807, 2.05) is 120 Å². The fourth-order valence-corrected chi connectivity index (χ4v) is 7.60. The lowest BCUT2D eigenvalue weighted by atomic mass is 10.0. The molecule has 16 nitrogen and oxygen atoms in total. The number of benzene rings is 4. The molecular weight excluding hydrogens is 975 g/mol. The summed E-state index contributed by atoms with van der Waals surface area (Å²) in [6.07, 6.45) is 3.19. The number of hydrogen-bond donors (Lipinski definition) is 5. The number of aromatic nitrogens is 4.